The van der Waals surface area contributed by atoms with Gasteiger partial charge in [-0.25, -0.2) is 4.99 Å². The van der Waals surface area contributed by atoms with E-state index in [2.05, 4.69) is 10.3 Å². The molecule has 1 aromatic carbocycles. The Labute approximate surface area is 83.3 Å². The Hall–Kier alpha value is -1.56. The van der Waals surface area contributed by atoms with Crippen molar-refractivity contribution in [3.63, 3.8) is 0 Å². The lowest BCUT2D eigenvalue weighted by Crippen LogP contribution is -2.12. The summed E-state index contributed by atoms with van der Waals surface area (Å²) in [6, 6.07) is 3.08. The molecule has 6 heteroatoms. The van der Waals surface area contributed by atoms with Gasteiger partial charge in [0.05, 0.1) is 11.9 Å². The minimum atomic E-state index is -4.38. The number of fused-ring (bicyclic) bond motifs is 1. The monoisotopic (exact) mass is 216 g/mol. The fourth-order valence-electron chi connectivity index (χ4n) is 1.34. The molecule has 1 atom stereocenters. The number of aliphatic hydroxyl groups is 1. The third kappa shape index (κ3) is 1.80. The van der Waals surface area contributed by atoms with Crippen LogP contribution in [0.5, 0.6) is 0 Å². The van der Waals surface area contributed by atoms with E-state index in [4.69, 9.17) is 0 Å². The number of anilines is 1. The number of halogens is 3. The summed E-state index contributed by atoms with van der Waals surface area (Å²) >= 11 is 0. The molecule has 0 amide bonds. The molecule has 2 N–H and O–H groups in total. The zero-order valence-electron chi connectivity index (χ0n) is 7.42. The molecule has 0 aromatic heterocycles. The highest BCUT2D eigenvalue weighted by Crippen LogP contribution is 2.34. The summed E-state index contributed by atoms with van der Waals surface area (Å²) < 4.78 is 37.0. The van der Waals surface area contributed by atoms with Gasteiger partial charge in [0.25, 0.3) is 0 Å². The van der Waals surface area contributed by atoms with Crippen LogP contribution in [-0.2, 0) is 6.18 Å². The molecule has 1 aromatic rings. The molecule has 2 rings (SSSR count). The van der Waals surface area contributed by atoms with E-state index in [9.17, 15) is 18.3 Å². The maximum absolute atomic E-state index is 12.3. The van der Waals surface area contributed by atoms with Crippen molar-refractivity contribution in [2.75, 3.05) is 5.32 Å². The number of hydrogen-bond donors (Lipinski definition) is 2. The Balaban J connectivity index is 2.45. The Bertz CT molecular complexity index is 414. The van der Waals surface area contributed by atoms with Gasteiger partial charge in [-0.3, -0.25) is 0 Å². The second kappa shape index (κ2) is 3.23. The van der Waals surface area contributed by atoms with E-state index >= 15 is 0 Å². The van der Waals surface area contributed by atoms with Gasteiger partial charge in [0.15, 0.2) is 6.23 Å². The second-order valence-electron chi connectivity index (χ2n) is 3.10. The molecular weight excluding hydrogens is 209 g/mol. The van der Waals surface area contributed by atoms with Gasteiger partial charge < -0.3 is 10.4 Å². The summed E-state index contributed by atoms with van der Waals surface area (Å²) in [4.78, 5) is 3.60. The van der Waals surface area contributed by atoms with Gasteiger partial charge in [0.2, 0.25) is 0 Å². The van der Waals surface area contributed by atoms with Crippen LogP contribution in [-0.4, -0.2) is 11.4 Å². The summed E-state index contributed by atoms with van der Waals surface area (Å²) in [5, 5.41) is 11.9. The van der Waals surface area contributed by atoms with Gasteiger partial charge in [-0.05, 0) is 12.1 Å². The van der Waals surface area contributed by atoms with Crippen LogP contribution in [0.3, 0.4) is 0 Å². The molecule has 0 aliphatic carbocycles. The minimum absolute atomic E-state index is 0.229. The normalized spacial score (nSPS) is 19.6. The van der Waals surface area contributed by atoms with Gasteiger partial charge >= 0.3 is 6.18 Å². The van der Waals surface area contributed by atoms with Crippen LogP contribution in [0.15, 0.2) is 23.2 Å². The lowest BCUT2D eigenvalue weighted by Gasteiger charge is -2.18. The van der Waals surface area contributed by atoms with E-state index in [0.717, 1.165) is 12.1 Å². The molecule has 1 aliphatic rings. The van der Waals surface area contributed by atoms with Gasteiger partial charge in [0, 0.05) is 11.3 Å². The first kappa shape index (κ1) is 9.97. The van der Waals surface area contributed by atoms with Crippen molar-refractivity contribution < 1.29 is 18.3 Å². The summed E-state index contributed by atoms with van der Waals surface area (Å²) in [6.45, 7) is 0. The molecular formula is C9H7F3N2O. The number of nitrogens with one attached hydrogen (secondary N) is 1. The molecule has 0 saturated heterocycles. The predicted molar refractivity (Wildman–Crippen MR) is 48.5 cm³/mol. The van der Waals surface area contributed by atoms with Gasteiger partial charge in [-0.2, -0.15) is 13.2 Å². The largest absolute Gasteiger partial charge is 0.416 e. The number of aliphatic imine (C=N–C) groups is 1. The third-order valence-electron chi connectivity index (χ3n) is 2.09. The molecule has 0 radical (unpaired) electrons. The van der Waals surface area contributed by atoms with Crippen molar-refractivity contribution in [3.05, 3.63) is 29.3 Å². The highest BCUT2D eigenvalue weighted by atomic mass is 19.4. The lowest BCUT2D eigenvalue weighted by molar-refractivity contribution is -0.137. The molecule has 1 heterocycles. The number of alkyl halides is 3. The molecule has 0 saturated carbocycles. The molecule has 1 aliphatic heterocycles. The van der Waals surface area contributed by atoms with Crippen LogP contribution in [0.4, 0.5) is 18.9 Å². The third-order valence-corrected chi connectivity index (χ3v) is 2.09. The number of benzene rings is 1. The predicted octanol–water partition coefficient (Wildman–Crippen LogP) is 2.15. The van der Waals surface area contributed by atoms with E-state index in [1.807, 2.05) is 0 Å². The van der Waals surface area contributed by atoms with E-state index < -0.39 is 18.0 Å². The van der Waals surface area contributed by atoms with Crippen LogP contribution < -0.4 is 5.32 Å². The Morgan fingerprint density at radius 2 is 2.07 bits per heavy atom. The van der Waals surface area contributed by atoms with Crippen molar-refractivity contribution in [1.82, 2.24) is 0 Å². The summed E-state index contributed by atoms with van der Waals surface area (Å²) in [6.07, 6.45) is -4.30. The minimum Gasteiger partial charge on any atom is -0.368 e. The topological polar surface area (TPSA) is 44.6 Å². The average Bonchev–Trinajstić information content (AvgIpc) is 2.16. The van der Waals surface area contributed by atoms with E-state index in [1.54, 1.807) is 0 Å². The maximum Gasteiger partial charge on any atom is 0.416 e. The van der Waals surface area contributed by atoms with E-state index in [-0.39, 0.29) is 5.69 Å². The fraction of sp³-hybridized carbons (Fsp3) is 0.222. The molecule has 15 heavy (non-hydrogen) atoms. The van der Waals surface area contributed by atoms with Gasteiger partial charge in [-0.15, -0.1) is 0 Å². The number of rotatable bonds is 0. The molecule has 0 spiro atoms. The molecule has 0 bridgehead atoms. The first-order valence-corrected chi connectivity index (χ1v) is 4.16. The standard InChI is InChI=1S/C9H7F3N2O/c10-9(11,12)5-1-2-6-7(3-5)13-4-14-8(6)15/h1-4,8,15H,(H,13,14). The molecule has 80 valence electrons. The molecule has 0 fully saturated rings. The lowest BCUT2D eigenvalue weighted by atomic mass is 10.1. The van der Waals surface area contributed by atoms with Crippen molar-refractivity contribution in [2.45, 2.75) is 12.4 Å². The number of hydrogen-bond acceptors (Lipinski definition) is 3. The van der Waals surface area contributed by atoms with Gasteiger partial charge in [-0.1, -0.05) is 6.07 Å². The van der Waals surface area contributed by atoms with Crippen molar-refractivity contribution in [3.8, 4) is 0 Å². The maximum atomic E-state index is 12.3. The quantitative estimate of drug-likeness (QED) is 0.697. The molecule has 1 unspecified atom stereocenters. The smallest absolute Gasteiger partial charge is 0.368 e. The van der Waals surface area contributed by atoms with Crippen molar-refractivity contribution in [2.24, 2.45) is 4.99 Å². The molecule has 3 nitrogen and oxygen atoms in total. The SMILES string of the molecule is OC1N=CNc2cc(C(F)(F)F)ccc21. The van der Waals surface area contributed by atoms with Crippen LogP contribution in [0.2, 0.25) is 0 Å². The Kier molecular flexibility index (Phi) is 2.15. The summed E-state index contributed by atoms with van der Waals surface area (Å²) in [5.41, 5.74) is -0.186. The highest BCUT2D eigenvalue weighted by Gasteiger charge is 2.31. The number of nitrogens with zero attached hydrogens (tertiary/aromatic N) is 1. The zero-order valence-corrected chi connectivity index (χ0v) is 7.42. The van der Waals surface area contributed by atoms with E-state index in [0.29, 0.717) is 5.56 Å². The van der Waals surface area contributed by atoms with Crippen LogP contribution in [0, 0.1) is 0 Å². The van der Waals surface area contributed by atoms with E-state index in [1.165, 1.54) is 12.4 Å². The number of aliphatic hydroxyl groups excluding tert-OH is 1. The highest BCUT2D eigenvalue weighted by molar-refractivity contribution is 5.80. The van der Waals surface area contributed by atoms with Crippen molar-refractivity contribution in [1.29, 1.82) is 0 Å². The summed E-state index contributed by atoms with van der Waals surface area (Å²) in [5.74, 6) is 0. The zero-order chi connectivity index (χ0) is 11.1. The summed E-state index contributed by atoms with van der Waals surface area (Å²) in [7, 11) is 0. The van der Waals surface area contributed by atoms with Crippen molar-refractivity contribution >= 4 is 12.0 Å². The van der Waals surface area contributed by atoms with Crippen LogP contribution in [0.1, 0.15) is 17.4 Å². The first-order chi connectivity index (χ1) is 6.98. The van der Waals surface area contributed by atoms with Gasteiger partial charge in [0.1, 0.15) is 0 Å². The average molecular weight is 216 g/mol. The fourth-order valence-corrected chi connectivity index (χ4v) is 1.34. The van der Waals surface area contributed by atoms with Crippen LogP contribution in [0.25, 0.3) is 0 Å². The first-order valence-electron chi connectivity index (χ1n) is 4.16. The second-order valence-corrected chi connectivity index (χ2v) is 3.10. The van der Waals surface area contributed by atoms with Crippen LogP contribution >= 0.6 is 0 Å². The Morgan fingerprint density at radius 3 is 2.73 bits per heavy atom. The Morgan fingerprint density at radius 1 is 1.33 bits per heavy atom.